The van der Waals surface area contributed by atoms with Gasteiger partial charge in [0, 0.05) is 81.2 Å². The molecule has 0 aromatic carbocycles. The van der Waals surface area contributed by atoms with Crippen LogP contribution in [-0.2, 0) is 47.8 Å². The monoisotopic (exact) mass is 2120 g/mol. The second kappa shape index (κ2) is 98.9. The van der Waals surface area contributed by atoms with Gasteiger partial charge in [0.2, 0.25) is 0 Å². The third kappa shape index (κ3) is 119. The van der Waals surface area contributed by atoms with Crippen LogP contribution in [0, 0.1) is 21.7 Å². The van der Waals surface area contributed by atoms with Crippen molar-refractivity contribution in [2.24, 2.45) is 21.7 Å². The summed E-state index contributed by atoms with van der Waals surface area (Å²) in [6.45, 7) is 56.2. The van der Waals surface area contributed by atoms with E-state index in [4.69, 9.17) is 14.2 Å². The molecule has 0 amide bonds. The maximum absolute atomic E-state index is 11.8. The Kier molecular flexibility index (Phi) is 99.5. The Morgan fingerprint density at radius 2 is 0.399 bits per heavy atom. The SMILES string of the molecule is CC(C)(C)C(=O)CCCC[C@]1(C)CCSS1.CC(C)(C)OC(=O)CCCC[C@]1(C)CCSS1.CC/C=C\C/C=C\C/C=C\C/C=C\C/C=C\C/C=C\CC(=O)C(C)(C)C.CC/C=C\C/C=C\C/C=C\C/C=C\C/C=C\C/C=C\CC(=O)OC(C)(C)C.CC/C=C\C/C=C\C/C=C\C/C=C\C/C=C\CCCC(=O)C(C)(C)C.CC/C=C\C/C=C\C/C=C\C/C=C\C/C=C\CCCC(=O)OC(C)(C)C.CC/C=C\CC(=O)C(C)(C)C. The molecule has 14 heteroatoms. The molecule has 148 heavy (non-hydrogen) atoms. The van der Waals surface area contributed by atoms with Gasteiger partial charge in [-0.3, -0.25) is 33.6 Å². The largest absolute Gasteiger partial charge is 0.460 e. The van der Waals surface area contributed by atoms with E-state index in [1.165, 1.54) is 43.6 Å². The van der Waals surface area contributed by atoms with Gasteiger partial charge in [-0.05, 0) is 288 Å². The molecule has 2 rings (SSSR count). The lowest BCUT2D eigenvalue weighted by Crippen LogP contribution is -2.23. The molecule has 10 nitrogen and oxygen atoms in total. The molecule has 2 aliphatic heterocycles. The predicted octanol–water partition coefficient (Wildman–Crippen LogP) is 42.0. The predicted molar refractivity (Wildman–Crippen MR) is 665 cm³/mol. The highest BCUT2D eigenvalue weighted by atomic mass is 33.1. The molecule has 0 aliphatic carbocycles. The Hall–Kier alpha value is -7.49. The summed E-state index contributed by atoms with van der Waals surface area (Å²) in [7, 11) is 8.03. The number of rotatable bonds is 65. The third-order valence-electron chi connectivity index (χ3n) is 21.6. The van der Waals surface area contributed by atoms with Crippen LogP contribution < -0.4 is 0 Å². The van der Waals surface area contributed by atoms with Crippen molar-refractivity contribution in [2.45, 2.75) is 490 Å². The molecule has 0 spiro atoms. The summed E-state index contributed by atoms with van der Waals surface area (Å²) >= 11 is 0. The Morgan fingerprint density at radius 3 is 0.622 bits per heavy atom. The Morgan fingerprint density at radius 1 is 0.216 bits per heavy atom. The highest BCUT2D eigenvalue weighted by Crippen LogP contribution is 2.50. The topological polar surface area (TPSA) is 147 Å². The van der Waals surface area contributed by atoms with E-state index in [0.29, 0.717) is 65.4 Å². The minimum absolute atomic E-state index is 0.0592. The van der Waals surface area contributed by atoms with Crippen LogP contribution in [0.5, 0.6) is 0 Å². The number of allylic oxidation sites excluding steroid dienone is 45. The standard InChI is InChI=1S/C25H38O2.C25H38O.C24H38O2.C24H38O.C13H24O2S2.C13H24OS2.C10H18O/c1-5-6-7-8-9-10-11-12-13-14-15-16-17-18-19-20-21-22-23-24(26)27-25(2,3)4;1-5-6-7-8-9-10-11-12-13-14-15-16-17-18-19-20-21-22-23-24(26)25(2,3)4;1-5-6-7-8-9-10-11-12-13-14-15-16-17-18-19-20-21-22-23(25)26-24(2,3)4;1-5-6-7-8-9-10-11-12-13-14-15-16-17-18-19-20-21-22-23(25)24(2,3)4;1-12(2,3)15-11(14)7-5-6-8-13(4)9-10-16-17-13;1-12(2,3)11(14)7-5-6-8-13(4)9-10-15-16-13;1-5-6-7-8-9(11)10(2,3)4/h6-7,9-10,12-13,15-16,18-19,21-22H,5,8,11,14,17,20,23H2,1-4H3;6-7,9-10,12-13,15-16,18-19,21-22H,5,8,11,14,17,20,23H2,1-4H3;6-7,9-10,12-13,15-16,18-19H,5,8,11,14,17,20-22H2,1-4H3;6-7,9-10,12-13,15-16,18-19H,5,8,11,14,17,20-22H2,1-4H3;5-10H2,1-4H3;5-10H2,1-4H3;6-7H,5,8H2,1-4H3/b2*7-6-,10-9-,13-12-,16-15-,19-18-,22-21-;2*7-6-,10-9-,13-12-,16-15-,19-18-;;;7-6-/t;;;;2*13-;/m....11./s1. The molecular weight excluding hydrogens is 1900 g/mol. The minimum atomic E-state index is -0.408. The molecule has 2 aliphatic rings. The van der Waals surface area contributed by atoms with Crippen molar-refractivity contribution in [1.29, 1.82) is 0 Å². The summed E-state index contributed by atoms with van der Waals surface area (Å²) in [6.07, 6.45) is 140. The number of carbonyl (C=O) groups is 7. The number of Topliss-reactive ketones (excluding diaryl/α,β-unsaturated/α-hetero) is 4. The van der Waals surface area contributed by atoms with Crippen molar-refractivity contribution >= 4 is 84.2 Å². The molecular formula is C134H218O10S4. The molecule has 2 atom stereocenters. The van der Waals surface area contributed by atoms with E-state index in [1.54, 1.807) is 0 Å². The fraction of sp³-hybridized carbons (Fsp3) is 0.604. The van der Waals surface area contributed by atoms with Gasteiger partial charge in [0.05, 0.1) is 6.42 Å². The van der Waals surface area contributed by atoms with Gasteiger partial charge in [-0.15, -0.1) is 0 Å². The fourth-order valence-corrected chi connectivity index (χ4v) is 19.2. The Bertz CT molecular complexity index is 4090. The molecule has 0 N–H and O–H groups in total. The summed E-state index contributed by atoms with van der Waals surface area (Å²) in [6, 6.07) is 0. The van der Waals surface area contributed by atoms with Crippen LogP contribution in [0.2, 0.25) is 0 Å². The second-order valence-corrected chi connectivity index (χ2v) is 50.6. The molecule has 2 saturated heterocycles. The average Bonchev–Trinajstić information content (AvgIpc) is 1.71. The molecule has 0 saturated carbocycles. The van der Waals surface area contributed by atoms with Gasteiger partial charge in [-0.25, -0.2) is 0 Å². The first kappa shape index (κ1) is 149. The van der Waals surface area contributed by atoms with Gasteiger partial charge < -0.3 is 14.2 Å². The van der Waals surface area contributed by atoms with E-state index in [9.17, 15) is 33.6 Å². The summed E-state index contributed by atoms with van der Waals surface area (Å²) in [4.78, 5) is 81.1. The van der Waals surface area contributed by atoms with E-state index in [-0.39, 0.29) is 56.6 Å². The number of esters is 3. The summed E-state index contributed by atoms with van der Waals surface area (Å²) < 4.78 is 16.7. The van der Waals surface area contributed by atoms with Gasteiger partial charge in [-0.1, -0.05) is 453 Å². The summed E-state index contributed by atoms with van der Waals surface area (Å²) in [5.41, 5.74) is -1.90. The molecule has 0 unspecified atom stereocenters. The van der Waals surface area contributed by atoms with Crippen LogP contribution in [0.3, 0.4) is 0 Å². The van der Waals surface area contributed by atoms with Gasteiger partial charge >= 0.3 is 17.9 Å². The van der Waals surface area contributed by atoms with Gasteiger partial charge in [0.15, 0.2) is 0 Å². The number of ether oxygens (including phenoxy) is 3. The number of hydrogen-bond acceptors (Lipinski definition) is 14. The maximum Gasteiger partial charge on any atom is 0.310 e. The highest BCUT2D eigenvalue weighted by Gasteiger charge is 2.32. The fourth-order valence-electron chi connectivity index (χ4n) is 12.6. The molecule has 2 fully saturated rings. The Labute approximate surface area is 927 Å². The molecule has 0 radical (unpaired) electrons. The van der Waals surface area contributed by atoms with Gasteiger partial charge in [0.25, 0.3) is 0 Å². The molecule has 0 aromatic rings. The minimum Gasteiger partial charge on any atom is -0.460 e. The van der Waals surface area contributed by atoms with E-state index >= 15 is 0 Å². The summed E-state index contributed by atoms with van der Waals surface area (Å²) in [5, 5.41) is 0. The Balaban J connectivity index is -0.000000545. The van der Waals surface area contributed by atoms with E-state index in [1.807, 2.05) is 219 Å². The van der Waals surface area contributed by atoms with E-state index < -0.39 is 5.60 Å². The van der Waals surface area contributed by atoms with E-state index in [2.05, 4.69) is 298 Å². The number of hydrogen-bond donors (Lipinski definition) is 0. The van der Waals surface area contributed by atoms with Crippen LogP contribution in [0.15, 0.2) is 279 Å². The first-order valence-corrected chi connectivity index (χ1v) is 61.0. The van der Waals surface area contributed by atoms with Crippen molar-refractivity contribution in [1.82, 2.24) is 0 Å². The quantitative estimate of drug-likeness (QED) is 0.0187. The third-order valence-corrected chi connectivity index (χ3v) is 28.3. The van der Waals surface area contributed by atoms with Crippen LogP contribution in [-0.4, -0.2) is 78.8 Å². The second-order valence-electron chi connectivity index (χ2n) is 44.6. The average molecular weight is 2120 g/mol. The lowest BCUT2D eigenvalue weighted by Gasteiger charge is -2.21. The smallest absolute Gasteiger partial charge is 0.310 e. The number of ketones is 4. The molecule has 0 bridgehead atoms. The van der Waals surface area contributed by atoms with Crippen LogP contribution >= 0.6 is 43.2 Å². The lowest BCUT2D eigenvalue weighted by atomic mass is 9.87. The molecule has 0 aromatic heterocycles. The number of unbranched alkanes of at least 4 members (excludes halogenated alkanes) is 4. The van der Waals surface area contributed by atoms with Crippen LogP contribution in [0.4, 0.5) is 0 Å². The first-order chi connectivity index (χ1) is 70.0. The number of carbonyl (C=O) groups excluding carboxylic acids is 7. The van der Waals surface area contributed by atoms with Gasteiger partial charge in [-0.2, -0.15) is 0 Å². The zero-order chi connectivity index (χ0) is 112. The van der Waals surface area contributed by atoms with Crippen molar-refractivity contribution in [3.63, 3.8) is 0 Å². The lowest BCUT2D eigenvalue weighted by molar-refractivity contribution is -0.156. The maximum atomic E-state index is 11.8. The van der Waals surface area contributed by atoms with Crippen molar-refractivity contribution in [3.05, 3.63) is 279 Å². The van der Waals surface area contributed by atoms with Gasteiger partial charge in [0.1, 0.15) is 39.9 Å². The summed E-state index contributed by atoms with van der Waals surface area (Å²) in [5.74, 6) is 3.59. The zero-order valence-electron chi connectivity index (χ0n) is 99.4. The van der Waals surface area contributed by atoms with Crippen LogP contribution in [0.25, 0.3) is 0 Å². The van der Waals surface area contributed by atoms with Crippen molar-refractivity contribution in [3.8, 4) is 0 Å². The molecule has 2 heterocycles. The highest BCUT2D eigenvalue weighted by molar-refractivity contribution is 8.78. The van der Waals surface area contributed by atoms with Crippen LogP contribution in [0.1, 0.15) is 464 Å². The van der Waals surface area contributed by atoms with E-state index in [0.717, 1.165) is 199 Å². The first-order valence-electron chi connectivity index (χ1n) is 56.3. The zero-order valence-corrected chi connectivity index (χ0v) is 103. The van der Waals surface area contributed by atoms with Crippen molar-refractivity contribution in [2.75, 3.05) is 11.5 Å². The molecule has 838 valence electrons. The normalized spacial score (nSPS) is 16.1. The van der Waals surface area contributed by atoms with Crippen molar-refractivity contribution < 1.29 is 47.8 Å².